The molecular weight excluding hydrogens is 243 g/mol. The van der Waals surface area contributed by atoms with Crippen molar-refractivity contribution in [2.75, 3.05) is 0 Å². The van der Waals surface area contributed by atoms with Gasteiger partial charge >= 0.3 is 18.9 Å². The van der Waals surface area contributed by atoms with E-state index < -0.39 is 13.2 Å². The second kappa shape index (κ2) is 6.64. The second-order valence-corrected chi connectivity index (χ2v) is 3.00. The lowest BCUT2D eigenvalue weighted by molar-refractivity contribution is -0.137. The van der Waals surface area contributed by atoms with Crippen molar-refractivity contribution in [3.05, 3.63) is 29.8 Å². The Hall–Kier alpha value is -1.89. The van der Waals surface area contributed by atoms with Gasteiger partial charge in [-0.1, -0.05) is 12.2 Å². The minimum absolute atomic E-state index is 0.0751. The zero-order valence-electron chi connectivity index (χ0n) is 8.43. The molecule has 0 bridgehead atoms. The molecule has 0 aromatic heterocycles. The van der Waals surface area contributed by atoms with Gasteiger partial charge in [-0.25, -0.2) is 0 Å². The Balaban J connectivity index is 0.000000437. The van der Waals surface area contributed by atoms with Crippen molar-refractivity contribution in [2.45, 2.75) is 6.42 Å². The number of hydrogen-bond donors (Lipinski definition) is 1. The van der Waals surface area contributed by atoms with E-state index >= 15 is 0 Å². The number of aliphatic carboxylic acids is 1. The smallest absolute Gasteiger partial charge is 0.481 e. The maximum Gasteiger partial charge on any atom is 0.673 e. The van der Waals surface area contributed by atoms with Crippen molar-refractivity contribution in [3.8, 4) is 0 Å². The number of allylic oxidation sites excluding steroid dienone is 4. The van der Waals surface area contributed by atoms with Gasteiger partial charge in [0.05, 0.1) is 6.42 Å². The third-order valence-electron chi connectivity index (χ3n) is 1.55. The van der Waals surface area contributed by atoms with E-state index in [1.54, 1.807) is 24.3 Å². The summed E-state index contributed by atoms with van der Waals surface area (Å²) in [6.45, 7) is 0. The van der Waals surface area contributed by atoms with Crippen LogP contribution in [0.4, 0.5) is 17.3 Å². The Bertz CT molecular complexity index is 363. The third kappa shape index (κ3) is 10.4. The SMILES string of the molecule is F[B-](F)(F)F.[N-]=[N+]=C1C=CC(CC(=O)O)C=C1. The van der Waals surface area contributed by atoms with Gasteiger partial charge in [0.1, 0.15) is 0 Å². The van der Waals surface area contributed by atoms with Gasteiger partial charge in [-0.05, 0) is 0 Å². The molecule has 0 fully saturated rings. The van der Waals surface area contributed by atoms with Crippen LogP contribution < -0.4 is 0 Å². The highest BCUT2D eigenvalue weighted by Crippen LogP contribution is 2.11. The van der Waals surface area contributed by atoms with Crippen LogP contribution in [0.3, 0.4) is 0 Å². The van der Waals surface area contributed by atoms with Crippen molar-refractivity contribution < 1.29 is 32.0 Å². The summed E-state index contributed by atoms with van der Waals surface area (Å²) in [5.41, 5.74) is 8.77. The Morgan fingerprint density at radius 2 is 1.76 bits per heavy atom. The highest BCUT2D eigenvalue weighted by molar-refractivity contribution is 6.50. The number of carboxylic acid groups (broad SMARTS) is 1. The van der Waals surface area contributed by atoms with Crippen LogP contribution in [0, 0.1) is 5.92 Å². The molecule has 0 saturated heterocycles. The van der Waals surface area contributed by atoms with E-state index in [-0.39, 0.29) is 12.3 Å². The van der Waals surface area contributed by atoms with E-state index in [0.717, 1.165) is 0 Å². The molecule has 0 heterocycles. The van der Waals surface area contributed by atoms with Crippen molar-refractivity contribution in [3.63, 3.8) is 0 Å². The molecule has 0 radical (unpaired) electrons. The average molecular weight is 251 g/mol. The van der Waals surface area contributed by atoms with E-state index in [4.69, 9.17) is 10.6 Å². The molecule has 17 heavy (non-hydrogen) atoms. The van der Waals surface area contributed by atoms with Crippen molar-refractivity contribution in [1.29, 1.82) is 0 Å². The van der Waals surface area contributed by atoms with E-state index in [2.05, 4.69) is 4.79 Å². The molecule has 1 N–H and O–H groups in total. The normalized spacial score (nSPS) is 18.1. The number of carbonyl (C=O) groups is 1. The summed E-state index contributed by atoms with van der Waals surface area (Å²) in [7, 11) is -6.00. The molecule has 1 aliphatic rings. The van der Waals surface area contributed by atoms with Crippen LogP contribution in [0.5, 0.6) is 0 Å². The minimum Gasteiger partial charge on any atom is -0.481 e. The summed E-state index contributed by atoms with van der Waals surface area (Å²) in [5, 5.41) is 8.44. The second-order valence-electron chi connectivity index (χ2n) is 3.00. The quantitative estimate of drug-likeness (QED) is 0.353. The van der Waals surface area contributed by atoms with Gasteiger partial charge in [0, 0.05) is 18.1 Å². The summed E-state index contributed by atoms with van der Waals surface area (Å²) in [5.74, 6) is -0.924. The van der Waals surface area contributed by atoms with Crippen LogP contribution in [0.2, 0.25) is 0 Å². The highest BCUT2D eigenvalue weighted by atomic mass is 19.5. The molecule has 0 amide bonds. The molecule has 0 unspecified atom stereocenters. The van der Waals surface area contributed by atoms with Gasteiger partial charge < -0.3 is 27.9 Å². The van der Waals surface area contributed by atoms with E-state index in [9.17, 15) is 22.1 Å². The minimum atomic E-state index is -6.00. The Morgan fingerprint density at radius 1 is 1.35 bits per heavy atom. The Labute approximate surface area is 94.0 Å². The lowest BCUT2D eigenvalue weighted by Crippen LogP contribution is -2.07. The molecule has 0 aliphatic heterocycles. The molecule has 4 nitrogen and oxygen atoms in total. The standard InChI is InChI=1S/C8H8N2O2.BF4/c9-10-7-3-1-6(2-4-7)5-8(11)12;2-1(3,4)5/h1-4,6H,5H2,(H,11,12);/q;-1. The lowest BCUT2D eigenvalue weighted by Gasteiger charge is -2.04. The third-order valence-corrected chi connectivity index (χ3v) is 1.55. The molecule has 0 spiro atoms. The molecule has 0 aromatic carbocycles. The zero-order chi connectivity index (χ0) is 13.5. The number of rotatable bonds is 2. The monoisotopic (exact) mass is 251 g/mol. The molecule has 0 saturated carbocycles. The first kappa shape index (κ1) is 15.1. The Morgan fingerprint density at radius 3 is 2.06 bits per heavy atom. The maximum atomic E-state index is 10.3. The van der Waals surface area contributed by atoms with Crippen molar-refractivity contribution >= 4 is 18.9 Å². The summed E-state index contributed by atoms with van der Waals surface area (Å²) < 4.78 is 39.0. The highest BCUT2D eigenvalue weighted by Gasteiger charge is 2.20. The van der Waals surface area contributed by atoms with E-state index in [0.29, 0.717) is 5.71 Å². The fraction of sp³-hybridized carbons (Fsp3) is 0.250. The summed E-state index contributed by atoms with van der Waals surface area (Å²) in [4.78, 5) is 13.2. The molecule has 0 atom stereocenters. The number of hydrogen-bond acceptors (Lipinski definition) is 1. The van der Waals surface area contributed by atoms with E-state index in [1.165, 1.54) is 0 Å². The molecular formula is C8H8BF4N2O2-. The topological polar surface area (TPSA) is 73.7 Å². The van der Waals surface area contributed by atoms with Crippen LogP contribution >= 0.6 is 0 Å². The summed E-state index contributed by atoms with van der Waals surface area (Å²) >= 11 is 0. The fourth-order valence-electron chi connectivity index (χ4n) is 0.968. The Kier molecular flexibility index (Phi) is 5.91. The fourth-order valence-corrected chi connectivity index (χ4v) is 0.968. The molecule has 0 aromatic rings. The van der Waals surface area contributed by atoms with Crippen LogP contribution in [0.25, 0.3) is 5.53 Å². The van der Waals surface area contributed by atoms with Gasteiger partial charge in [-0.15, -0.1) is 0 Å². The molecule has 94 valence electrons. The van der Waals surface area contributed by atoms with Gasteiger partial charge in [0.15, 0.2) is 0 Å². The maximum absolute atomic E-state index is 10.3. The molecule has 1 aliphatic carbocycles. The van der Waals surface area contributed by atoms with Crippen LogP contribution in [-0.2, 0) is 4.79 Å². The largest absolute Gasteiger partial charge is 0.673 e. The lowest BCUT2D eigenvalue weighted by atomic mass is 9.99. The number of halogens is 4. The van der Waals surface area contributed by atoms with Crippen molar-refractivity contribution in [2.24, 2.45) is 5.92 Å². The first-order chi connectivity index (χ1) is 7.72. The van der Waals surface area contributed by atoms with E-state index in [1.807, 2.05) is 0 Å². The first-order valence-corrected chi connectivity index (χ1v) is 4.40. The first-order valence-electron chi connectivity index (χ1n) is 4.40. The van der Waals surface area contributed by atoms with Crippen molar-refractivity contribution in [1.82, 2.24) is 0 Å². The van der Waals surface area contributed by atoms with Gasteiger partial charge in [-0.2, -0.15) is 4.79 Å². The summed E-state index contributed by atoms with van der Waals surface area (Å²) in [6.07, 6.45) is 6.65. The summed E-state index contributed by atoms with van der Waals surface area (Å²) in [6, 6.07) is 0. The van der Waals surface area contributed by atoms with Gasteiger partial charge in [0.2, 0.25) is 0 Å². The molecule has 1 rings (SSSR count). The van der Waals surface area contributed by atoms with Crippen LogP contribution in [-0.4, -0.2) is 28.8 Å². The predicted molar refractivity (Wildman–Crippen MR) is 52.8 cm³/mol. The average Bonchev–Trinajstić information content (AvgIpc) is 2.15. The van der Waals surface area contributed by atoms with Gasteiger partial charge in [0.25, 0.3) is 0 Å². The van der Waals surface area contributed by atoms with Crippen LogP contribution in [0.1, 0.15) is 6.42 Å². The number of carboxylic acids is 1. The van der Waals surface area contributed by atoms with Gasteiger partial charge in [-0.3, -0.25) is 4.79 Å². The van der Waals surface area contributed by atoms with Crippen LogP contribution in [0.15, 0.2) is 24.3 Å². The zero-order valence-corrected chi connectivity index (χ0v) is 8.43. The molecule has 9 heteroatoms. The predicted octanol–water partition coefficient (Wildman–Crippen LogP) is 2.17. The number of nitrogens with zero attached hydrogens (tertiary/aromatic N) is 2.